The molecule has 1 aliphatic rings. The fourth-order valence-electron chi connectivity index (χ4n) is 4.82. The van der Waals surface area contributed by atoms with Gasteiger partial charge in [0.05, 0.1) is 50.1 Å². The number of carbonyl (C=O) groups excluding carboxylic acids is 1. The van der Waals surface area contributed by atoms with Gasteiger partial charge in [0.1, 0.15) is 0 Å². The first kappa shape index (κ1) is 25.4. The molecule has 0 aliphatic carbocycles. The number of hydrogen-bond acceptors (Lipinski definition) is 7. The maximum absolute atomic E-state index is 14.4. The van der Waals surface area contributed by atoms with Gasteiger partial charge in [0.2, 0.25) is 0 Å². The summed E-state index contributed by atoms with van der Waals surface area (Å²) in [7, 11) is 0. The zero-order chi connectivity index (χ0) is 26.1. The summed E-state index contributed by atoms with van der Waals surface area (Å²) in [6.07, 6.45) is 0.829. The SMILES string of the molecule is Cc1ccc(Cl)c2sc(N(CCCN3CCOCC3)C(=O)c3cc(-c4cccs4)nc4ccccc34)nc12. The van der Waals surface area contributed by atoms with E-state index < -0.39 is 0 Å². The fourth-order valence-corrected chi connectivity index (χ4v) is 6.84. The Bertz CT molecular complexity index is 1560. The van der Waals surface area contributed by atoms with E-state index in [1.165, 1.54) is 11.3 Å². The molecule has 2 aromatic carbocycles. The summed E-state index contributed by atoms with van der Waals surface area (Å²) in [6.45, 7) is 6.83. The Morgan fingerprint density at radius 2 is 1.95 bits per heavy atom. The predicted octanol–water partition coefficient (Wildman–Crippen LogP) is 6.90. The molecule has 6 nitrogen and oxygen atoms in total. The zero-order valence-electron chi connectivity index (χ0n) is 21.0. The van der Waals surface area contributed by atoms with Crippen molar-refractivity contribution < 1.29 is 9.53 Å². The summed E-state index contributed by atoms with van der Waals surface area (Å²) in [5.41, 5.74) is 4.13. The molecule has 0 spiro atoms. The quantitative estimate of drug-likeness (QED) is 0.216. The molecule has 6 rings (SSSR count). The van der Waals surface area contributed by atoms with E-state index in [0.717, 1.165) is 76.5 Å². The largest absolute Gasteiger partial charge is 0.379 e. The van der Waals surface area contributed by atoms with E-state index in [2.05, 4.69) is 4.90 Å². The number of thiophene rings is 1. The number of ether oxygens (including phenoxy) is 1. The van der Waals surface area contributed by atoms with Crippen LogP contribution in [0.3, 0.4) is 0 Å². The molecule has 1 aliphatic heterocycles. The van der Waals surface area contributed by atoms with E-state index in [0.29, 0.717) is 22.3 Å². The maximum atomic E-state index is 14.4. The second-order valence-electron chi connectivity index (χ2n) is 9.35. The van der Waals surface area contributed by atoms with Crippen molar-refractivity contribution in [2.45, 2.75) is 13.3 Å². The molecule has 0 bridgehead atoms. The third kappa shape index (κ3) is 5.07. The van der Waals surface area contributed by atoms with Gasteiger partial charge in [0.15, 0.2) is 5.13 Å². The summed E-state index contributed by atoms with van der Waals surface area (Å²) < 4.78 is 6.41. The van der Waals surface area contributed by atoms with Gasteiger partial charge in [-0.05, 0) is 48.6 Å². The van der Waals surface area contributed by atoms with Crippen molar-refractivity contribution in [3.63, 3.8) is 0 Å². The Morgan fingerprint density at radius 1 is 1.11 bits per heavy atom. The van der Waals surface area contributed by atoms with E-state index in [1.54, 1.807) is 11.3 Å². The van der Waals surface area contributed by atoms with Crippen LogP contribution >= 0.6 is 34.3 Å². The number of pyridine rings is 1. The van der Waals surface area contributed by atoms with Crippen LogP contribution in [0.1, 0.15) is 22.3 Å². The Hall–Kier alpha value is -2.88. The lowest BCUT2D eigenvalue weighted by atomic mass is 10.1. The molecule has 0 unspecified atom stereocenters. The van der Waals surface area contributed by atoms with Crippen molar-refractivity contribution >= 4 is 66.4 Å². The minimum Gasteiger partial charge on any atom is -0.379 e. The molecular weight excluding hydrogens is 536 g/mol. The van der Waals surface area contributed by atoms with Crippen LogP contribution in [0, 0.1) is 6.92 Å². The minimum atomic E-state index is -0.0729. The van der Waals surface area contributed by atoms with E-state index in [-0.39, 0.29) is 5.91 Å². The van der Waals surface area contributed by atoms with Crippen molar-refractivity contribution in [3.8, 4) is 10.6 Å². The number of halogens is 1. The summed E-state index contributed by atoms with van der Waals surface area (Å²) >= 11 is 9.64. The lowest BCUT2D eigenvalue weighted by molar-refractivity contribution is 0.0376. The highest BCUT2D eigenvalue weighted by atomic mass is 35.5. The molecule has 0 atom stereocenters. The molecule has 194 valence electrons. The van der Waals surface area contributed by atoms with E-state index in [9.17, 15) is 4.79 Å². The number of morpholine rings is 1. The highest BCUT2D eigenvalue weighted by molar-refractivity contribution is 7.23. The Morgan fingerprint density at radius 3 is 2.74 bits per heavy atom. The number of nitrogens with zero attached hydrogens (tertiary/aromatic N) is 4. The lowest BCUT2D eigenvalue weighted by Crippen LogP contribution is -2.39. The molecule has 1 fully saturated rings. The third-order valence-corrected chi connectivity index (χ3v) is 9.27. The van der Waals surface area contributed by atoms with Gasteiger partial charge in [-0.2, -0.15) is 0 Å². The normalized spacial score (nSPS) is 14.4. The van der Waals surface area contributed by atoms with E-state index in [4.69, 9.17) is 26.3 Å². The number of aryl methyl sites for hydroxylation is 1. The van der Waals surface area contributed by atoms with Gasteiger partial charge in [-0.25, -0.2) is 9.97 Å². The smallest absolute Gasteiger partial charge is 0.260 e. The van der Waals surface area contributed by atoms with Crippen LogP contribution in [0.15, 0.2) is 60.0 Å². The topological polar surface area (TPSA) is 58.6 Å². The molecule has 5 aromatic rings. The predicted molar refractivity (Wildman–Crippen MR) is 158 cm³/mol. The molecule has 9 heteroatoms. The molecule has 4 heterocycles. The first-order valence-corrected chi connectivity index (χ1v) is 14.8. The molecule has 0 radical (unpaired) electrons. The van der Waals surface area contributed by atoms with Crippen LogP contribution in [0.5, 0.6) is 0 Å². The number of fused-ring (bicyclic) bond motifs is 2. The van der Waals surface area contributed by atoms with Crippen molar-refractivity contribution in [1.29, 1.82) is 0 Å². The third-order valence-electron chi connectivity index (χ3n) is 6.84. The number of benzene rings is 2. The van der Waals surface area contributed by atoms with E-state index in [1.807, 2.05) is 71.8 Å². The second-order valence-corrected chi connectivity index (χ2v) is 11.7. The van der Waals surface area contributed by atoms with Crippen LogP contribution < -0.4 is 4.90 Å². The molecule has 3 aromatic heterocycles. The van der Waals surface area contributed by atoms with Gasteiger partial charge < -0.3 is 4.74 Å². The van der Waals surface area contributed by atoms with Crippen LogP contribution in [0.25, 0.3) is 31.7 Å². The second kappa shape index (κ2) is 11.1. The number of aromatic nitrogens is 2. The number of hydrogen-bond donors (Lipinski definition) is 0. The van der Waals surface area contributed by atoms with Gasteiger partial charge in [-0.15, -0.1) is 11.3 Å². The lowest BCUT2D eigenvalue weighted by Gasteiger charge is -2.28. The zero-order valence-corrected chi connectivity index (χ0v) is 23.4. The summed E-state index contributed by atoms with van der Waals surface area (Å²) in [5, 5.41) is 4.19. The van der Waals surface area contributed by atoms with Crippen molar-refractivity contribution in [2.24, 2.45) is 0 Å². The molecule has 0 saturated carbocycles. The molecule has 38 heavy (non-hydrogen) atoms. The highest BCUT2D eigenvalue weighted by Gasteiger charge is 2.25. The first-order valence-electron chi connectivity index (χ1n) is 12.7. The number of para-hydroxylation sites is 1. The van der Waals surface area contributed by atoms with Crippen LogP contribution in [0.2, 0.25) is 5.02 Å². The van der Waals surface area contributed by atoms with Crippen molar-refractivity contribution in [2.75, 3.05) is 44.3 Å². The van der Waals surface area contributed by atoms with Gasteiger partial charge in [-0.1, -0.05) is 53.3 Å². The van der Waals surface area contributed by atoms with Crippen LogP contribution in [-0.4, -0.2) is 60.2 Å². The number of rotatable bonds is 7. The average Bonchev–Trinajstić information content (AvgIpc) is 3.65. The van der Waals surface area contributed by atoms with Gasteiger partial charge in [0, 0.05) is 31.6 Å². The monoisotopic (exact) mass is 562 g/mol. The van der Waals surface area contributed by atoms with Gasteiger partial charge in [-0.3, -0.25) is 14.6 Å². The maximum Gasteiger partial charge on any atom is 0.260 e. The Labute approximate surface area is 234 Å². The summed E-state index contributed by atoms with van der Waals surface area (Å²) in [6, 6.07) is 17.7. The summed E-state index contributed by atoms with van der Waals surface area (Å²) in [5.74, 6) is -0.0729. The van der Waals surface area contributed by atoms with Crippen molar-refractivity contribution in [3.05, 3.63) is 76.1 Å². The minimum absolute atomic E-state index is 0.0729. The standard InChI is InChI=1S/C29H27ClN4O2S2/c1-19-9-10-22(30)27-26(19)32-29(38-27)34(12-5-11-33-13-15-36-16-14-33)28(35)21-18-24(25-8-4-17-37-25)31-23-7-3-2-6-20(21)23/h2-4,6-10,17-18H,5,11-16H2,1H3. The highest BCUT2D eigenvalue weighted by Crippen LogP contribution is 2.37. The molecule has 1 saturated heterocycles. The molecule has 0 N–H and O–H groups in total. The van der Waals surface area contributed by atoms with Crippen LogP contribution in [0.4, 0.5) is 5.13 Å². The van der Waals surface area contributed by atoms with Gasteiger partial charge >= 0.3 is 0 Å². The number of amides is 1. The van der Waals surface area contributed by atoms with Crippen molar-refractivity contribution in [1.82, 2.24) is 14.9 Å². The Balaban J connectivity index is 1.41. The first-order chi connectivity index (χ1) is 18.6. The summed E-state index contributed by atoms with van der Waals surface area (Å²) in [4.78, 5) is 29.5. The Kier molecular flexibility index (Phi) is 7.41. The fraction of sp³-hybridized carbons (Fsp3) is 0.276. The number of anilines is 1. The van der Waals surface area contributed by atoms with Gasteiger partial charge in [0.25, 0.3) is 5.91 Å². The number of carbonyl (C=O) groups is 1. The van der Waals surface area contributed by atoms with Crippen LogP contribution in [-0.2, 0) is 4.74 Å². The van der Waals surface area contributed by atoms with E-state index >= 15 is 0 Å². The molecular formula is C29H27ClN4O2S2. The number of thiazole rings is 1. The molecule has 1 amide bonds. The average molecular weight is 563 g/mol.